The van der Waals surface area contributed by atoms with Crippen LogP contribution in [0.1, 0.15) is 6.42 Å². The first-order chi connectivity index (χ1) is 8.55. The average molecular weight is 291 g/mol. The van der Waals surface area contributed by atoms with E-state index in [1.54, 1.807) is 0 Å². The summed E-state index contributed by atoms with van der Waals surface area (Å²) >= 11 is 0. The number of hydrogen-bond acceptors (Lipinski definition) is 4. The van der Waals surface area contributed by atoms with Crippen molar-refractivity contribution in [1.82, 2.24) is 5.32 Å². The zero-order chi connectivity index (χ0) is 14.8. The average Bonchev–Trinajstić information content (AvgIpc) is 2.28. The van der Waals surface area contributed by atoms with Gasteiger partial charge in [-0.1, -0.05) is 0 Å². The second kappa shape index (κ2) is 5.10. The summed E-state index contributed by atoms with van der Waals surface area (Å²) in [5.41, 5.74) is -2.07. The molecule has 1 aliphatic heterocycles. The Kier molecular flexibility index (Phi) is 4.11. The van der Waals surface area contributed by atoms with Gasteiger partial charge in [-0.15, -0.1) is 0 Å². The molecule has 0 aromatic carbocycles. The molecule has 0 radical (unpaired) electrons. The number of hydrogen-bond donors (Lipinski definition) is 1. The molecule has 0 aliphatic carbocycles. The molecule has 19 heavy (non-hydrogen) atoms. The van der Waals surface area contributed by atoms with Gasteiger partial charge in [-0.05, 0) is 6.42 Å². The van der Waals surface area contributed by atoms with E-state index in [4.69, 9.17) is 0 Å². The number of carbonyl (C=O) groups is 2. The number of allylic oxidation sites excluding steroid dienone is 1. The number of Topliss-reactive ketones (excluding diaryl/α,β-unsaturated/α-hetero) is 2. The van der Waals surface area contributed by atoms with E-state index >= 15 is 0 Å². The molecule has 0 unspecified atom stereocenters. The van der Waals surface area contributed by atoms with Gasteiger partial charge in [0.2, 0.25) is 5.88 Å². The molecule has 1 heterocycles. The van der Waals surface area contributed by atoms with Gasteiger partial charge in [-0.2, -0.15) is 26.3 Å². The van der Waals surface area contributed by atoms with Gasteiger partial charge in [0.25, 0.3) is 11.6 Å². The van der Waals surface area contributed by atoms with Gasteiger partial charge in [-0.25, -0.2) is 0 Å². The number of halogens is 6. The minimum absolute atomic E-state index is 0.00485. The summed E-state index contributed by atoms with van der Waals surface area (Å²) in [5.74, 6) is -6.87. The van der Waals surface area contributed by atoms with Crippen LogP contribution in [0.5, 0.6) is 0 Å². The fourth-order valence-corrected chi connectivity index (χ4v) is 1.25. The molecule has 0 saturated carbocycles. The zero-order valence-electron chi connectivity index (χ0n) is 9.11. The highest BCUT2D eigenvalue weighted by Gasteiger charge is 2.52. The highest BCUT2D eigenvalue weighted by atomic mass is 19.4. The molecular formula is C9H7F6NO3. The molecule has 0 bridgehead atoms. The Balaban J connectivity index is 3.26. The molecule has 1 N–H and O–H groups in total. The van der Waals surface area contributed by atoms with Crippen molar-refractivity contribution >= 4 is 11.6 Å². The number of alkyl halides is 6. The minimum Gasteiger partial charge on any atom is -0.479 e. The normalized spacial score (nSPS) is 16.4. The third-order valence-electron chi connectivity index (χ3n) is 2.05. The smallest absolute Gasteiger partial charge is 0.455 e. The zero-order valence-corrected chi connectivity index (χ0v) is 9.11. The predicted octanol–water partition coefficient (Wildman–Crippen LogP) is 1.47. The maximum absolute atomic E-state index is 12.2. The maximum Gasteiger partial charge on any atom is 0.455 e. The summed E-state index contributed by atoms with van der Waals surface area (Å²) in [4.78, 5) is 21.9. The molecule has 1 saturated heterocycles. The van der Waals surface area contributed by atoms with E-state index < -0.39 is 35.4 Å². The van der Waals surface area contributed by atoms with Crippen molar-refractivity contribution in [3.05, 3.63) is 11.5 Å². The van der Waals surface area contributed by atoms with Gasteiger partial charge in [0, 0.05) is 6.54 Å². The van der Waals surface area contributed by atoms with Gasteiger partial charge in [-0.3, -0.25) is 9.59 Å². The molecule has 1 aliphatic rings. The first-order valence-corrected chi connectivity index (χ1v) is 4.89. The second-order valence-corrected chi connectivity index (χ2v) is 3.49. The summed E-state index contributed by atoms with van der Waals surface area (Å²) in [7, 11) is 0. The molecule has 0 aromatic heterocycles. The molecule has 1 rings (SSSR count). The molecule has 0 spiro atoms. The monoisotopic (exact) mass is 291 g/mol. The lowest BCUT2D eigenvalue weighted by Gasteiger charge is -2.21. The molecule has 10 heteroatoms. The summed E-state index contributed by atoms with van der Waals surface area (Å²) < 4.78 is 77.8. The maximum atomic E-state index is 12.2. The Morgan fingerprint density at radius 1 is 1.00 bits per heavy atom. The number of ketones is 2. The lowest BCUT2D eigenvalue weighted by atomic mass is 10.1. The number of rotatable bonds is 2. The van der Waals surface area contributed by atoms with Crippen LogP contribution in [0.25, 0.3) is 0 Å². The number of ether oxygens (including phenoxy) is 1. The van der Waals surface area contributed by atoms with Crippen molar-refractivity contribution in [2.45, 2.75) is 18.8 Å². The quantitative estimate of drug-likeness (QED) is 0.362. The minimum atomic E-state index is -5.61. The first-order valence-electron chi connectivity index (χ1n) is 4.89. The van der Waals surface area contributed by atoms with Crippen molar-refractivity contribution in [3.8, 4) is 0 Å². The van der Waals surface area contributed by atoms with Crippen molar-refractivity contribution in [1.29, 1.82) is 0 Å². The van der Waals surface area contributed by atoms with E-state index in [9.17, 15) is 35.9 Å². The molecule has 0 atom stereocenters. The highest BCUT2D eigenvalue weighted by molar-refractivity contribution is 6.24. The Labute approximate surface area is 102 Å². The summed E-state index contributed by atoms with van der Waals surface area (Å²) in [6.07, 6.45) is -10.9. The van der Waals surface area contributed by atoms with E-state index in [0.29, 0.717) is 6.42 Å². The fourth-order valence-electron chi connectivity index (χ4n) is 1.25. The van der Waals surface area contributed by atoms with E-state index in [-0.39, 0.29) is 13.2 Å². The SMILES string of the molecule is O=C(C(C(=O)C(F)(F)F)=C1NCCCO1)C(F)(F)F. The van der Waals surface area contributed by atoms with Crippen LogP contribution in [0.15, 0.2) is 11.5 Å². The molecule has 0 amide bonds. The van der Waals surface area contributed by atoms with Crippen LogP contribution in [0.2, 0.25) is 0 Å². The van der Waals surface area contributed by atoms with E-state index in [1.807, 2.05) is 5.32 Å². The van der Waals surface area contributed by atoms with Crippen LogP contribution in [0.4, 0.5) is 26.3 Å². The lowest BCUT2D eigenvalue weighted by Crippen LogP contribution is -2.39. The molecule has 108 valence electrons. The summed E-state index contributed by atoms with van der Waals surface area (Å²) in [6.45, 7) is -0.197. The van der Waals surface area contributed by atoms with Gasteiger partial charge >= 0.3 is 12.4 Å². The Hall–Kier alpha value is -1.74. The van der Waals surface area contributed by atoms with Crippen LogP contribution in [-0.2, 0) is 14.3 Å². The standard InChI is InChI=1S/C9H7F6NO3/c10-8(11,12)5(17)4(6(18)9(13,14)15)7-16-2-1-3-19-7/h16H,1-3H2. The molecule has 4 nitrogen and oxygen atoms in total. The predicted molar refractivity (Wildman–Crippen MR) is 47.7 cm³/mol. The van der Waals surface area contributed by atoms with Gasteiger partial charge < -0.3 is 10.1 Å². The molecule has 0 aromatic rings. The van der Waals surface area contributed by atoms with Gasteiger partial charge in [0.05, 0.1) is 6.61 Å². The van der Waals surface area contributed by atoms with Crippen molar-refractivity contribution in [2.75, 3.05) is 13.2 Å². The van der Waals surface area contributed by atoms with Gasteiger partial charge in [0.15, 0.2) is 0 Å². The van der Waals surface area contributed by atoms with Gasteiger partial charge in [0.1, 0.15) is 5.57 Å². The van der Waals surface area contributed by atoms with Crippen LogP contribution < -0.4 is 5.32 Å². The first kappa shape index (κ1) is 15.3. The van der Waals surface area contributed by atoms with Crippen LogP contribution in [0, 0.1) is 0 Å². The van der Waals surface area contributed by atoms with Crippen molar-refractivity contribution in [3.63, 3.8) is 0 Å². The topological polar surface area (TPSA) is 55.4 Å². The van der Waals surface area contributed by atoms with E-state index in [1.165, 1.54) is 0 Å². The van der Waals surface area contributed by atoms with Crippen LogP contribution in [-0.4, -0.2) is 37.1 Å². The largest absolute Gasteiger partial charge is 0.479 e. The fraction of sp³-hybridized carbons (Fsp3) is 0.556. The number of nitrogens with one attached hydrogen (secondary N) is 1. The van der Waals surface area contributed by atoms with E-state index in [0.717, 1.165) is 0 Å². The molecular weight excluding hydrogens is 284 g/mol. The lowest BCUT2D eigenvalue weighted by molar-refractivity contribution is -0.176. The highest BCUT2D eigenvalue weighted by Crippen LogP contribution is 2.29. The summed E-state index contributed by atoms with van der Waals surface area (Å²) in [6, 6.07) is 0. The Bertz CT molecular complexity index is 387. The Morgan fingerprint density at radius 2 is 1.47 bits per heavy atom. The Morgan fingerprint density at radius 3 is 1.79 bits per heavy atom. The third kappa shape index (κ3) is 3.61. The summed E-state index contributed by atoms with van der Waals surface area (Å²) in [5, 5.41) is 2.04. The third-order valence-corrected chi connectivity index (χ3v) is 2.05. The molecule has 1 fully saturated rings. The van der Waals surface area contributed by atoms with Crippen molar-refractivity contribution < 1.29 is 40.7 Å². The van der Waals surface area contributed by atoms with Crippen molar-refractivity contribution in [2.24, 2.45) is 0 Å². The van der Waals surface area contributed by atoms with Crippen LogP contribution >= 0.6 is 0 Å². The van der Waals surface area contributed by atoms with Crippen LogP contribution in [0.3, 0.4) is 0 Å². The second-order valence-electron chi connectivity index (χ2n) is 3.49. The number of carbonyl (C=O) groups excluding carboxylic acids is 2. The van der Waals surface area contributed by atoms with E-state index in [2.05, 4.69) is 4.74 Å².